The van der Waals surface area contributed by atoms with Gasteiger partial charge in [-0.1, -0.05) is 140 Å². The number of rotatable bonds is 3. The summed E-state index contributed by atoms with van der Waals surface area (Å²) in [6, 6.07) is 64.0. The Kier molecular flexibility index (Phi) is 5.43. The van der Waals surface area contributed by atoms with Crippen LogP contribution in [0.25, 0.3) is 82.9 Å². The molecule has 0 aliphatic heterocycles. The molecule has 2 aliphatic carbocycles. The molecule has 0 radical (unpaired) electrons. The van der Waals surface area contributed by atoms with Crippen LogP contribution in [0.3, 0.4) is 0 Å². The molecule has 0 saturated heterocycles. The van der Waals surface area contributed by atoms with Crippen molar-refractivity contribution in [1.29, 1.82) is 0 Å². The van der Waals surface area contributed by atoms with E-state index in [0.717, 1.165) is 39.2 Å². The van der Waals surface area contributed by atoms with Gasteiger partial charge in [0.1, 0.15) is 0 Å². The molecular formula is C49H29N3. The minimum atomic E-state index is -0.424. The molecule has 2 heterocycles. The Bertz CT molecular complexity index is 3090. The predicted octanol–water partition coefficient (Wildman–Crippen LogP) is 11.9. The van der Waals surface area contributed by atoms with Gasteiger partial charge in [0.2, 0.25) is 0 Å². The Balaban J connectivity index is 1.18. The van der Waals surface area contributed by atoms with Gasteiger partial charge in [-0.25, -0.2) is 9.97 Å². The van der Waals surface area contributed by atoms with E-state index in [1.807, 2.05) is 30.3 Å². The standard InChI is InChI=1S/C49H29N3/c1-2-13-31(14-3-1)47-48(51-41-25-9-8-24-40(41)50-47)32-16-10-17-33(29-32)52-42-26-12-23-39-45(42)46-43(52)28-27-30-15-11-22-38(44(30)46)49(39)36-20-6-4-18-34(36)35-19-5-7-21-37(35)49/h1-29H. The quantitative estimate of drug-likeness (QED) is 0.189. The van der Waals surface area contributed by atoms with Gasteiger partial charge in [0.05, 0.1) is 38.9 Å². The number of fused-ring (bicyclic) bond motifs is 8. The van der Waals surface area contributed by atoms with Gasteiger partial charge in [-0.2, -0.15) is 0 Å². The molecule has 0 fully saturated rings. The van der Waals surface area contributed by atoms with Crippen molar-refractivity contribution in [3.8, 4) is 39.3 Å². The van der Waals surface area contributed by atoms with Crippen molar-refractivity contribution in [3.05, 3.63) is 198 Å². The van der Waals surface area contributed by atoms with Crippen molar-refractivity contribution >= 4 is 43.6 Å². The Morgan fingerprint density at radius 2 is 0.942 bits per heavy atom. The summed E-state index contributed by atoms with van der Waals surface area (Å²) in [6.45, 7) is 0. The molecule has 0 atom stereocenters. The first-order valence-electron chi connectivity index (χ1n) is 17.9. The van der Waals surface area contributed by atoms with Crippen molar-refractivity contribution < 1.29 is 0 Å². The third-order valence-corrected chi connectivity index (χ3v) is 11.6. The highest BCUT2D eigenvalue weighted by Gasteiger charge is 2.49. The van der Waals surface area contributed by atoms with Crippen molar-refractivity contribution in [2.75, 3.05) is 0 Å². The summed E-state index contributed by atoms with van der Waals surface area (Å²) in [6.07, 6.45) is 0. The maximum atomic E-state index is 5.25. The zero-order valence-corrected chi connectivity index (χ0v) is 28.1. The van der Waals surface area contributed by atoms with Crippen LogP contribution in [0, 0.1) is 0 Å². The molecule has 2 aliphatic rings. The lowest BCUT2D eigenvalue weighted by Gasteiger charge is -2.37. The average molecular weight is 660 g/mol. The Morgan fingerprint density at radius 1 is 0.385 bits per heavy atom. The molecule has 0 saturated carbocycles. The number of aromatic nitrogens is 3. The van der Waals surface area contributed by atoms with Crippen molar-refractivity contribution in [2.45, 2.75) is 5.41 Å². The molecule has 10 aromatic rings. The maximum absolute atomic E-state index is 5.25. The molecule has 2 aromatic heterocycles. The largest absolute Gasteiger partial charge is 0.309 e. The van der Waals surface area contributed by atoms with Crippen LogP contribution in [0.2, 0.25) is 0 Å². The fourth-order valence-corrected chi connectivity index (χ4v) is 9.58. The minimum absolute atomic E-state index is 0.424. The minimum Gasteiger partial charge on any atom is -0.309 e. The third-order valence-electron chi connectivity index (χ3n) is 11.6. The zero-order valence-electron chi connectivity index (χ0n) is 28.1. The maximum Gasteiger partial charge on any atom is 0.0973 e. The van der Waals surface area contributed by atoms with Gasteiger partial charge in [-0.3, -0.25) is 0 Å². The van der Waals surface area contributed by atoms with E-state index in [9.17, 15) is 0 Å². The fourth-order valence-electron chi connectivity index (χ4n) is 9.58. The molecule has 0 amide bonds. The van der Waals surface area contributed by atoms with E-state index in [1.54, 1.807) is 0 Å². The van der Waals surface area contributed by atoms with Gasteiger partial charge in [-0.15, -0.1) is 0 Å². The van der Waals surface area contributed by atoms with Crippen LogP contribution in [0.15, 0.2) is 176 Å². The summed E-state index contributed by atoms with van der Waals surface area (Å²) in [4.78, 5) is 10.4. The lowest BCUT2D eigenvalue weighted by atomic mass is 9.63. The van der Waals surface area contributed by atoms with Crippen LogP contribution in [0.5, 0.6) is 0 Å². The van der Waals surface area contributed by atoms with Gasteiger partial charge in [0.25, 0.3) is 0 Å². The first-order chi connectivity index (χ1) is 25.8. The van der Waals surface area contributed by atoms with Crippen molar-refractivity contribution in [1.82, 2.24) is 14.5 Å². The van der Waals surface area contributed by atoms with Crippen LogP contribution in [-0.4, -0.2) is 14.5 Å². The number of para-hydroxylation sites is 2. The normalized spacial score (nSPS) is 13.5. The molecule has 0 N–H and O–H groups in total. The van der Waals surface area contributed by atoms with Crippen molar-refractivity contribution in [3.63, 3.8) is 0 Å². The van der Waals surface area contributed by atoms with Gasteiger partial charge in [0.15, 0.2) is 0 Å². The van der Waals surface area contributed by atoms with E-state index in [0.29, 0.717) is 0 Å². The predicted molar refractivity (Wildman–Crippen MR) is 213 cm³/mol. The number of benzene rings is 8. The number of nitrogens with zero attached hydrogens (tertiary/aromatic N) is 3. The van der Waals surface area contributed by atoms with E-state index in [2.05, 4.69) is 150 Å². The Hall–Kier alpha value is -6.84. The second-order valence-electron chi connectivity index (χ2n) is 14.1. The zero-order chi connectivity index (χ0) is 34.0. The van der Waals surface area contributed by atoms with E-state index < -0.39 is 5.41 Å². The van der Waals surface area contributed by atoms with Gasteiger partial charge in [-0.05, 0) is 80.6 Å². The molecule has 0 bridgehead atoms. The van der Waals surface area contributed by atoms with E-state index >= 15 is 0 Å². The van der Waals surface area contributed by atoms with E-state index in [-0.39, 0.29) is 0 Å². The molecule has 8 aromatic carbocycles. The highest BCUT2D eigenvalue weighted by molar-refractivity contribution is 6.26. The first-order valence-corrected chi connectivity index (χ1v) is 17.9. The summed E-state index contributed by atoms with van der Waals surface area (Å²) in [5.41, 5.74) is 16.8. The molecule has 3 heteroatoms. The monoisotopic (exact) mass is 659 g/mol. The van der Waals surface area contributed by atoms with Gasteiger partial charge < -0.3 is 4.57 Å². The smallest absolute Gasteiger partial charge is 0.0973 e. The third kappa shape index (κ3) is 3.45. The van der Waals surface area contributed by atoms with Crippen LogP contribution in [-0.2, 0) is 5.41 Å². The summed E-state index contributed by atoms with van der Waals surface area (Å²) >= 11 is 0. The van der Waals surface area contributed by atoms with Gasteiger partial charge >= 0.3 is 0 Å². The molecule has 240 valence electrons. The van der Waals surface area contributed by atoms with Crippen LogP contribution in [0.4, 0.5) is 0 Å². The van der Waals surface area contributed by atoms with Gasteiger partial charge in [0, 0.05) is 27.6 Å². The van der Waals surface area contributed by atoms with Crippen LogP contribution < -0.4 is 0 Å². The molecule has 3 nitrogen and oxygen atoms in total. The Morgan fingerprint density at radius 3 is 1.69 bits per heavy atom. The number of hydrogen-bond acceptors (Lipinski definition) is 2. The number of hydrogen-bond donors (Lipinski definition) is 0. The molecule has 0 unspecified atom stereocenters. The second kappa shape index (κ2) is 10.1. The molecule has 52 heavy (non-hydrogen) atoms. The summed E-state index contributed by atoms with van der Waals surface area (Å²) in [5.74, 6) is 0. The topological polar surface area (TPSA) is 30.7 Å². The van der Waals surface area contributed by atoms with Crippen molar-refractivity contribution in [2.24, 2.45) is 0 Å². The SMILES string of the molecule is c1ccc(-c2nc3ccccc3nc2-c2cccc(-n3c4cccc5c4c4c6c(cccc6ccc43)C53c4ccccc4-c4ccccc43)c2)cc1. The summed E-state index contributed by atoms with van der Waals surface area (Å²) in [7, 11) is 0. The molecule has 12 rings (SSSR count). The highest BCUT2D eigenvalue weighted by atomic mass is 15.0. The van der Waals surface area contributed by atoms with E-state index in [1.165, 1.54) is 66.0 Å². The fraction of sp³-hybridized carbons (Fsp3) is 0.0204. The molecule has 1 spiro atoms. The Labute approximate surface area is 300 Å². The summed E-state index contributed by atoms with van der Waals surface area (Å²) < 4.78 is 2.47. The lowest BCUT2D eigenvalue weighted by Crippen LogP contribution is -2.30. The van der Waals surface area contributed by atoms with Crippen LogP contribution in [0.1, 0.15) is 22.3 Å². The highest BCUT2D eigenvalue weighted by Crippen LogP contribution is 2.62. The van der Waals surface area contributed by atoms with Crippen LogP contribution >= 0.6 is 0 Å². The average Bonchev–Trinajstić information content (AvgIpc) is 3.71. The lowest BCUT2D eigenvalue weighted by molar-refractivity contribution is 0.783. The second-order valence-corrected chi connectivity index (χ2v) is 14.1. The first kappa shape index (κ1) is 27.9. The summed E-state index contributed by atoms with van der Waals surface area (Å²) in [5, 5.41) is 5.27. The molecular weight excluding hydrogens is 631 g/mol. The van der Waals surface area contributed by atoms with E-state index in [4.69, 9.17) is 9.97 Å².